The van der Waals surface area contributed by atoms with Crippen molar-refractivity contribution in [3.05, 3.63) is 17.7 Å². The van der Waals surface area contributed by atoms with Gasteiger partial charge in [0.2, 0.25) is 6.79 Å². The van der Waals surface area contributed by atoms with Crippen molar-refractivity contribution < 1.29 is 19.0 Å². The van der Waals surface area contributed by atoms with Gasteiger partial charge < -0.3 is 25.3 Å². The Morgan fingerprint density at radius 1 is 1.35 bits per heavy atom. The molecular weight excluding hydrogens is 260 g/mol. The average Bonchev–Trinajstić information content (AvgIpc) is 2.83. The minimum Gasteiger partial charge on any atom is -0.480 e. The van der Waals surface area contributed by atoms with Crippen LogP contribution in [0.5, 0.6) is 17.2 Å². The Kier molecular flexibility index (Phi) is 4.34. The number of amides is 1. The highest BCUT2D eigenvalue weighted by Gasteiger charge is 2.21. The van der Waals surface area contributed by atoms with Crippen LogP contribution in [0.2, 0.25) is 0 Å². The molecule has 0 aromatic heterocycles. The number of hydrogen-bond acceptors (Lipinski definition) is 5. The molecule has 110 valence electrons. The van der Waals surface area contributed by atoms with E-state index in [1.165, 1.54) is 0 Å². The summed E-state index contributed by atoms with van der Waals surface area (Å²) in [6, 6.07) is 3.56. The van der Waals surface area contributed by atoms with E-state index in [0.29, 0.717) is 23.8 Å². The normalized spacial score (nSPS) is 14.2. The first-order valence-corrected chi connectivity index (χ1v) is 6.61. The van der Waals surface area contributed by atoms with E-state index in [2.05, 4.69) is 5.32 Å². The molecule has 0 fully saturated rings. The Morgan fingerprint density at radius 2 is 2.00 bits per heavy atom. The molecule has 1 aliphatic rings. The standard InChI is InChI=1S/C14H20N2O4/c1-8(2)16-14(17)9(3)20-11-5-13-12(18-7-19-13)4-10(11)6-15/h4-5,8-9H,6-7,15H2,1-3H3,(H,16,17). The zero-order valence-electron chi connectivity index (χ0n) is 11.9. The van der Waals surface area contributed by atoms with Crippen LogP contribution in [0, 0.1) is 0 Å². The van der Waals surface area contributed by atoms with Gasteiger partial charge in [-0.1, -0.05) is 0 Å². The van der Waals surface area contributed by atoms with E-state index in [0.717, 1.165) is 5.56 Å². The molecule has 6 heteroatoms. The van der Waals surface area contributed by atoms with Crippen molar-refractivity contribution in [3.63, 3.8) is 0 Å². The molecule has 0 aliphatic carbocycles. The fourth-order valence-corrected chi connectivity index (χ4v) is 1.88. The Hall–Kier alpha value is -1.95. The Balaban J connectivity index is 2.14. The SMILES string of the molecule is CC(C)NC(=O)C(C)Oc1cc2c(cc1CN)OCO2. The number of nitrogens with one attached hydrogen (secondary N) is 1. The fourth-order valence-electron chi connectivity index (χ4n) is 1.88. The first-order valence-electron chi connectivity index (χ1n) is 6.61. The van der Waals surface area contributed by atoms with E-state index in [-0.39, 0.29) is 18.7 Å². The van der Waals surface area contributed by atoms with Crippen molar-refractivity contribution in [1.82, 2.24) is 5.32 Å². The lowest BCUT2D eigenvalue weighted by Crippen LogP contribution is -2.40. The molecule has 0 radical (unpaired) electrons. The number of rotatable bonds is 5. The second kappa shape index (κ2) is 6.00. The third-order valence-electron chi connectivity index (χ3n) is 2.88. The van der Waals surface area contributed by atoms with Gasteiger partial charge >= 0.3 is 0 Å². The second-order valence-electron chi connectivity index (χ2n) is 4.94. The summed E-state index contributed by atoms with van der Waals surface area (Å²) in [7, 11) is 0. The number of nitrogens with two attached hydrogens (primary N) is 1. The van der Waals surface area contributed by atoms with Gasteiger partial charge in [0.25, 0.3) is 5.91 Å². The third kappa shape index (κ3) is 3.14. The highest BCUT2D eigenvalue weighted by atomic mass is 16.7. The lowest BCUT2D eigenvalue weighted by Gasteiger charge is -2.18. The number of ether oxygens (including phenoxy) is 3. The molecule has 1 heterocycles. The minimum atomic E-state index is -0.608. The number of hydrogen-bond donors (Lipinski definition) is 2. The summed E-state index contributed by atoms with van der Waals surface area (Å²) >= 11 is 0. The van der Waals surface area contributed by atoms with Gasteiger partial charge in [-0.3, -0.25) is 4.79 Å². The maximum Gasteiger partial charge on any atom is 0.260 e. The van der Waals surface area contributed by atoms with Crippen LogP contribution in [0.25, 0.3) is 0 Å². The van der Waals surface area contributed by atoms with Crippen LogP contribution in [0.4, 0.5) is 0 Å². The molecule has 0 saturated heterocycles. The van der Waals surface area contributed by atoms with Gasteiger partial charge in [0.05, 0.1) is 0 Å². The van der Waals surface area contributed by atoms with Crippen molar-refractivity contribution >= 4 is 5.91 Å². The number of carbonyl (C=O) groups excluding carboxylic acids is 1. The Labute approximate surface area is 118 Å². The topological polar surface area (TPSA) is 82.8 Å². The van der Waals surface area contributed by atoms with Crippen molar-refractivity contribution in [2.75, 3.05) is 6.79 Å². The first kappa shape index (κ1) is 14.5. The fraction of sp³-hybridized carbons (Fsp3) is 0.500. The molecule has 0 bridgehead atoms. The number of benzene rings is 1. The van der Waals surface area contributed by atoms with Crippen LogP contribution >= 0.6 is 0 Å². The van der Waals surface area contributed by atoms with Gasteiger partial charge in [-0.15, -0.1) is 0 Å². The van der Waals surface area contributed by atoms with Crippen LogP contribution < -0.4 is 25.3 Å². The molecule has 1 atom stereocenters. The van der Waals surface area contributed by atoms with Crippen LogP contribution in [0.15, 0.2) is 12.1 Å². The van der Waals surface area contributed by atoms with E-state index in [1.54, 1.807) is 19.1 Å². The highest BCUT2D eigenvalue weighted by molar-refractivity contribution is 5.81. The molecule has 0 spiro atoms. The molecule has 1 aromatic carbocycles. The van der Waals surface area contributed by atoms with Crippen LogP contribution in [-0.2, 0) is 11.3 Å². The largest absolute Gasteiger partial charge is 0.480 e. The zero-order valence-corrected chi connectivity index (χ0v) is 11.9. The third-order valence-corrected chi connectivity index (χ3v) is 2.88. The van der Waals surface area contributed by atoms with Gasteiger partial charge in [-0.05, 0) is 26.8 Å². The van der Waals surface area contributed by atoms with Crippen molar-refractivity contribution in [3.8, 4) is 17.2 Å². The van der Waals surface area contributed by atoms with Crippen LogP contribution in [0.1, 0.15) is 26.3 Å². The molecular formula is C14H20N2O4. The summed E-state index contributed by atoms with van der Waals surface area (Å²) < 4.78 is 16.3. The lowest BCUT2D eigenvalue weighted by molar-refractivity contribution is -0.127. The van der Waals surface area contributed by atoms with E-state index in [1.807, 2.05) is 13.8 Å². The Bertz CT molecular complexity index is 502. The summed E-state index contributed by atoms with van der Waals surface area (Å²) in [6.07, 6.45) is -0.608. The molecule has 3 N–H and O–H groups in total. The molecule has 1 unspecified atom stereocenters. The van der Waals surface area contributed by atoms with Gasteiger partial charge in [-0.25, -0.2) is 0 Å². The second-order valence-corrected chi connectivity index (χ2v) is 4.94. The molecule has 1 aliphatic heterocycles. The van der Waals surface area contributed by atoms with Crippen molar-refractivity contribution in [1.29, 1.82) is 0 Å². The lowest BCUT2D eigenvalue weighted by atomic mass is 10.1. The quantitative estimate of drug-likeness (QED) is 0.846. The summed E-state index contributed by atoms with van der Waals surface area (Å²) in [4.78, 5) is 11.9. The first-order chi connectivity index (χ1) is 9.51. The molecule has 6 nitrogen and oxygen atoms in total. The Morgan fingerprint density at radius 3 is 2.60 bits per heavy atom. The van der Waals surface area contributed by atoms with E-state index >= 15 is 0 Å². The summed E-state index contributed by atoms with van der Waals surface area (Å²) in [6.45, 7) is 5.98. The monoisotopic (exact) mass is 280 g/mol. The smallest absolute Gasteiger partial charge is 0.260 e. The maximum atomic E-state index is 11.9. The highest BCUT2D eigenvalue weighted by Crippen LogP contribution is 2.38. The predicted molar refractivity (Wildman–Crippen MR) is 73.8 cm³/mol. The van der Waals surface area contributed by atoms with Crippen molar-refractivity contribution in [2.45, 2.75) is 39.5 Å². The van der Waals surface area contributed by atoms with Gasteiger partial charge in [-0.2, -0.15) is 0 Å². The maximum absolute atomic E-state index is 11.9. The number of carbonyl (C=O) groups is 1. The van der Waals surface area contributed by atoms with Crippen LogP contribution in [-0.4, -0.2) is 24.8 Å². The van der Waals surface area contributed by atoms with Gasteiger partial charge in [0.1, 0.15) is 5.75 Å². The van der Waals surface area contributed by atoms with Gasteiger partial charge in [0, 0.05) is 24.2 Å². The predicted octanol–water partition coefficient (Wildman–Crippen LogP) is 1.17. The summed E-state index contributed by atoms with van der Waals surface area (Å²) in [5, 5.41) is 2.80. The van der Waals surface area contributed by atoms with E-state index < -0.39 is 6.10 Å². The van der Waals surface area contributed by atoms with Gasteiger partial charge in [0.15, 0.2) is 17.6 Å². The number of fused-ring (bicyclic) bond motifs is 1. The summed E-state index contributed by atoms with van der Waals surface area (Å²) in [5.74, 6) is 1.63. The molecule has 0 saturated carbocycles. The van der Waals surface area contributed by atoms with E-state index in [4.69, 9.17) is 19.9 Å². The molecule has 2 rings (SSSR count). The van der Waals surface area contributed by atoms with E-state index in [9.17, 15) is 4.79 Å². The molecule has 1 amide bonds. The zero-order chi connectivity index (χ0) is 14.7. The van der Waals surface area contributed by atoms with Crippen LogP contribution in [0.3, 0.4) is 0 Å². The average molecular weight is 280 g/mol. The van der Waals surface area contributed by atoms with Crippen molar-refractivity contribution in [2.24, 2.45) is 5.73 Å². The summed E-state index contributed by atoms with van der Waals surface area (Å²) in [5.41, 5.74) is 6.48. The minimum absolute atomic E-state index is 0.0688. The molecule has 20 heavy (non-hydrogen) atoms. The molecule has 1 aromatic rings.